The van der Waals surface area contributed by atoms with E-state index in [1.54, 1.807) is 43.3 Å². The molecule has 4 amide bonds. The molecule has 28 heavy (non-hydrogen) atoms. The smallest absolute Gasteiger partial charge is 0.311 e. The van der Waals surface area contributed by atoms with E-state index in [2.05, 4.69) is 11.9 Å². The van der Waals surface area contributed by atoms with Crippen molar-refractivity contribution in [1.29, 1.82) is 0 Å². The topological polar surface area (TPSA) is 69.7 Å². The van der Waals surface area contributed by atoms with Crippen LogP contribution < -0.4 is 10.2 Å². The van der Waals surface area contributed by atoms with Crippen LogP contribution in [0.1, 0.15) is 18.1 Å². The Morgan fingerprint density at radius 3 is 2.36 bits per heavy atom. The van der Waals surface area contributed by atoms with Crippen LogP contribution in [0.2, 0.25) is 0 Å². The van der Waals surface area contributed by atoms with Crippen molar-refractivity contribution in [1.82, 2.24) is 10.2 Å². The number of benzene rings is 2. The molecule has 4 rings (SSSR count). The summed E-state index contributed by atoms with van der Waals surface area (Å²) in [6, 6.07) is 12.0. The highest BCUT2D eigenvalue weighted by Crippen LogP contribution is 2.44. The molecule has 1 atom stereocenters. The molecule has 0 radical (unpaired) electrons. The van der Waals surface area contributed by atoms with E-state index in [1.807, 2.05) is 0 Å². The van der Waals surface area contributed by atoms with Crippen LogP contribution in [0.4, 0.5) is 14.9 Å². The number of rotatable bonds is 4. The average Bonchev–Trinajstić information content (AvgIpc) is 3.05. The number of urea groups is 1. The molecular formula is C21H18FN3O3. The molecule has 2 aromatic rings. The number of fused-ring (bicyclic) bond motifs is 2. The molecule has 0 saturated carbocycles. The number of nitrogens with zero attached hydrogens (tertiary/aromatic N) is 2. The molecule has 1 saturated heterocycles. The number of imide groups is 1. The number of anilines is 1. The monoisotopic (exact) mass is 379 g/mol. The van der Waals surface area contributed by atoms with E-state index in [4.69, 9.17) is 0 Å². The molecule has 7 heteroatoms. The summed E-state index contributed by atoms with van der Waals surface area (Å²) in [6.07, 6.45) is 0. The van der Waals surface area contributed by atoms with Crippen LogP contribution in [-0.2, 0) is 21.7 Å². The number of hydrogen-bond acceptors (Lipinski definition) is 3. The van der Waals surface area contributed by atoms with Gasteiger partial charge in [0.05, 0.1) is 18.8 Å². The second-order valence-electron chi connectivity index (χ2n) is 7.06. The van der Waals surface area contributed by atoms with Crippen LogP contribution in [0.3, 0.4) is 0 Å². The minimum Gasteiger partial charge on any atom is -0.311 e. The summed E-state index contributed by atoms with van der Waals surface area (Å²) in [5.41, 5.74) is 0.537. The quantitative estimate of drug-likeness (QED) is 0.505. The van der Waals surface area contributed by atoms with Crippen LogP contribution in [0.25, 0.3) is 0 Å². The molecule has 2 heterocycles. The second-order valence-corrected chi connectivity index (χ2v) is 7.06. The Kier molecular flexibility index (Phi) is 4.03. The van der Waals surface area contributed by atoms with Gasteiger partial charge in [-0.1, -0.05) is 42.5 Å². The van der Waals surface area contributed by atoms with Gasteiger partial charge in [0.1, 0.15) is 5.82 Å². The zero-order valence-corrected chi connectivity index (χ0v) is 15.2. The van der Waals surface area contributed by atoms with Gasteiger partial charge in [-0.3, -0.25) is 14.5 Å². The Labute approximate surface area is 161 Å². The molecule has 2 aromatic carbocycles. The zero-order chi connectivity index (χ0) is 20.1. The largest absolute Gasteiger partial charge is 0.326 e. The van der Waals surface area contributed by atoms with Crippen molar-refractivity contribution in [3.8, 4) is 0 Å². The number of carbonyl (C=O) groups is 3. The Balaban J connectivity index is 1.77. The first kappa shape index (κ1) is 17.9. The minimum atomic E-state index is -1.77. The summed E-state index contributed by atoms with van der Waals surface area (Å²) < 4.78 is 13.2. The second kappa shape index (κ2) is 6.30. The van der Waals surface area contributed by atoms with Gasteiger partial charge in [0.25, 0.3) is 11.8 Å². The summed E-state index contributed by atoms with van der Waals surface area (Å²) in [7, 11) is 0. The Hall–Kier alpha value is -3.48. The van der Waals surface area contributed by atoms with Gasteiger partial charge < -0.3 is 10.2 Å². The summed E-state index contributed by atoms with van der Waals surface area (Å²) in [6.45, 7) is 5.64. The summed E-state index contributed by atoms with van der Waals surface area (Å²) >= 11 is 0. The predicted octanol–water partition coefficient (Wildman–Crippen LogP) is 2.70. The number of hydrogen-bond donors (Lipinski definition) is 1. The van der Waals surface area contributed by atoms with Gasteiger partial charge in [-0.25, -0.2) is 9.18 Å². The van der Waals surface area contributed by atoms with E-state index in [0.29, 0.717) is 22.4 Å². The molecule has 0 bridgehead atoms. The Morgan fingerprint density at radius 1 is 1.04 bits per heavy atom. The van der Waals surface area contributed by atoms with Crippen LogP contribution in [0, 0.1) is 5.82 Å². The molecular weight excluding hydrogens is 361 g/mol. The van der Waals surface area contributed by atoms with Gasteiger partial charge in [0, 0.05) is 5.56 Å². The number of carbonyl (C=O) groups excluding carboxylic acids is 3. The molecule has 0 aliphatic carbocycles. The van der Waals surface area contributed by atoms with E-state index >= 15 is 0 Å². The zero-order valence-electron chi connectivity index (χ0n) is 15.2. The summed E-state index contributed by atoms with van der Waals surface area (Å²) in [5.74, 6) is -1.51. The van der Waals surface area contributed by atoms with Gasteiger partial charge >= 0.3 is 6.03 Å². The third kappa shape index (κ3) is 2.51. The van der Waals surface area contributed by atoms with Gasteiger partial charge in [0.2, 0.25) is 5.54 Å². The lowest BCUT2D eigenvalue weighted by Gasteiger charge is -2.22. The standard InChI is InChI=1S/C21H18FN3O3/c1-13(2)11-25-19(27)21(23-20(25)28)16-5-3-4-6-17(16)24(18(21)26)12-14-7-9-15(22)10-8-14/h3-10H,1,11-12H2,2H3,(H,23,28). The normalized spacial score (nSPS) is 20.7. The van der Waals surface area contributed by atoms with Crippen molar-refractivity contribution in [2.24, 2.45) is 0 Å². The first-order chi connectivity index (χ1) is 13.3. The number of amides is 4. The molecule has 1 spiro atoms. The van der Waals surface area contributed by atoms with E-state index in [-0.39, 0.29) is 18.9 Å². The molecule has 1 unspecified atom stereocenters. The Morgan fingerprint density at radius 2 is 1.68 bits per heavy atom. The molecule has 2 aliphatic heterocycles. The maximum absolute atomic E-state index is 13.4. The van der Waals surface area contributed by atoms with Crippen molar-refractivity contribution < 1.29 is 18.8 Å². The van der Waals surface area contributed by atoms with Gasteiger partial charge in [0.15, 0.2) is 0 Å². The summed E-state index contributed by atoms with van der Waals surface area (Å²) in [4.78, 5) is 41.5. The number of para-hydroxylation sites is 1. The number of halogens is 1. The fourth-order valence-electron chi connectivity index (χ4n) is 3.70. The Bertz CT molecular complexity index is 1020. The molecule has 1 fully saturated rings. The number of nitrogens with one attached hydrogen (secondary N) is 1. The van der Waals surface area contributed by atoms with Crippen LogP contribution in [-0.4, -0.2) is 29.3 Å². The van der Waals surface area contributed by atoms with Crippen molar-refractivity contribution in [2.75, 3.05) is 11.4 Å². The highest BCUT2D eigenvalue weighted by molar-refractivity contribution is 6.27. The van der Waals surface area contributed by atoms with Crippen LogP contribution >= 0.6 is 0 Å². The van der Waals surface area contributed by atoms with Gasteiger partial charge in [-0.15, -0.1) is 0 Å². The van der Waals surface area contributed by atoms with Gasteiger partial charge in [-0.2, -0.15) is 0 Å². The fourth-order valence-corrected chi connectivity index (χ4v) is 3.70. The maximum Gasteiger partial charge on any atom is 0.326 e. The lowest BCUT2D eigenvalue weighted by molar-refractivity contribution is -0.138. The van der Waals surface area contributed by atoms with Crippen LogP contribution in [0.15, 0.2) is 60.7 Å². The fraction of sp³-hybridized carbons (Fsp3) is 0.190. The lowest BCUT2D eigenvalue weighted by atomic mass is 9.91. The van der Waals surface area contributed by atoms with Crippen molar-refractivity contribution in [3.05, 3.63) is 77.6 Å². The summed E-state index contributed by atoms with van der Waals surface area (Å²) in [5, 5.41) is 2.61. The molecule has 142 valence electrons. The highest BCUT2D eigenvalue weighted by atomic mass is 19.1. The van der Waals surface area contributed by atoms with Crippen molar-refractivity contribution >= 4 is 23.5 Å². The van der Waals surface area contributed by atoms with E-state index in [9.17, 15) is 18.8 Å². The third-order valence-corrected chi connectivity index (χ3v) is 4.95. The minimum absolute atomic E-state index is 0.0415. The highest BCUT2D eigenvalue weighted by Gasteiger charge is 2.63. The van der Waals surface area contributed by atoms with E-state index in [0.717, 1.165) is 4.90 Å². The SMILES string of the molecule is C=C(C)CN1C(=O)NC2(C1=O)C(=O)N(Cc1ccc(F)cc1)c1ccccc12. The van der Waals surface area contributed by atoms with Crippen molar-refractivity contribution in [2.45, 2.75) is 19.0 Å². The van der Waals surface area contributed by atoms with Crippen molar-refractivity contribution in [3.63, 3.8) is 0 Å². The van der Waals surface area contributed by atoms with E-state index in [1.165, 1.54) is 17.0 Å². The van der Waals surface area contributed by atoms with Crippen LogP contribution in [0.5, 0.6) is 0 Å². The predicted molar refractivity (Wildman–Crippen MR) is 101 cm³/mol. The molecule has 1 N–H and O–H groups in total. The third-order valence-electron chi connectivity index (χ3n) is 4.95. The molecule has 0 aromatic heterocycles. The maximum atomic E-state index is 13.4. The van der Waals surface area contributed by atoms with Gasteiger partial charge in [-0.05, 0) is 30.7 Å². The molecule has 6 nitrogen and oxygen atoms in total. The first-order valence-electron chi connectivity index (χ1n) is 8.79. The first-order valence-corrected chi connectivity index (χ1v) is 8.79. The van der Waals surface area contributed by atoms with E-state index < -0.39 is 23.4 Å². The molecule has 2 aliphatic rings. The lowest BCUT2D eigenvalue weighted by Crippen LogP contribution is -2.52. The average molecular weight is 379 g/mol.